The third-order valence-corrected chi connectivity index (χ3v) is 9.20. The van der Waals surface area contributed by atoms with E-state index >= 15 is 0 Å². The van der Waals surface area contributed by atoms with Crippen molar-refractivity contribution in [3.63, 3.8) is 0 Å². The van der Waals surface area contributed by atoms with Crippen LogP contribution in [-0.4, -0.2) is 17.1 Å². The van der Waals surface area contributed by atoms with Crippen LogP contribution in [0.15, 0.2) is 106 Å². The Balaban J connectivity index is 1.32. The molecular formula is C35H29IN2O4S. The molecule has 0 radical (unpaired) electrons. The fourth-order valence-corrected chi connectivity index (χ4v) is 6.96. The summed E-state index contributed by atoms with van der Waals surface area (Å²) in [5.41, 5.74) is 4.63. The van der Waals surface area contributed by atoms with Gasteiger partial charge in [0.05, 0.1) is 32.0 Å². The van der Waals surface area contributed by atoms with Crippen molar-refractivity contribution in [2.24, 2.45) is 4.99 Å². The van der Waals surface area contributed by atoms with Crippen molar-refractivity contribution in [2.75, 3.05) is 6.61 Å². The third-order valence-electron chi connectivity index (χ3n) is 7.37. The number of aromatic nitrogens is 1. The van der Waals surface area contributed by atoms with Gasteiger partial charge in [-0.15, -0.1) is 0 Å². The molecule has 0 bridgehead atoms. The third kappa shape index (κ3) is 5.94. The van der Waals surface area contributed by atoms with Gasteiger partial charge in [0.25, 0.3) is 5.56 Å². The second-order valence-electron chi connectivity index (χ2n) is 10.4. The summed E-state index contributed by atoms with van der Waals surface area (Å²) in [4.78, 5) is 32.2. The number of esters is 1. The fourth-order valence-electron chi connectivity index (χ4n) is 5.22. The van der Waals surface area contributed by atoms with Crippen molar-refractivity contribution in [3.8, 4) is 5.75 Å². The second-order valence-corrected chi connectivity index (χ2v) is 12.5. The predicted molar refractivity (Wildman–Crippen MR) is 179 cm³/mol. The number of carbonyl (C=O) groups is 1. The molecule has 1 aliphatic rings. The smallest absolute Gasteiger partial charge is 0.338 e. The van der Waals surface area contributed by atoms with Crippen LogP contribution in [0, 0.1) is 10.5 Å². The first-order chi connectivity index (χ1) is 20.8. The van der Waals surface area contributed by atoms with E-state index in [0.717, 1.165) is 31.6 Å². The van der Waals surface area contributed by atoms with E-state index in [1.165, 1.54) is 22.1 Å². The minimum absolute atomic E-state index is 0.199. The Morgan fingerprint density at radius 2 is 1.77 bits per heavy atom. The Hall–Kier alpha value is -4.02. The number of aryl methyl sites for hydroxylation is 1. The van der Waals surface area contributed by atoms with E-state index in [1.54, 1.807) is 18.4 Å². The van der Waals surface area contributed by atoms with Crippen molar-refractivity contribution >= 4 is 56.7 Å². The van der Waals surface area contributed by atoms with Crippen molar-refractivity contribution in [1.29, 1.82) is 0 Å². The largest absolute Gasteiger partial charge is 0.488 e. The maximum Gasteiger partial charge on any atom is 0.338 e. The molecule has 1 atom stereocenters. The first-order valence-corrected chi connectivity index (χ1v) is 15.9. The van der Waals surface area contributed by atoms with Crippen LogP contribution in [-0.2, 0) is 16.1 Å². The van der Waals surface area contributed by atoms with Gasteiger partial charge >= 0.3 is 5.97 Å². The molecule has 6 rings (SSSR count). The molecule has 0 saturated heterocycles. The lowest BCUT2D eigenvalue weighted by Crippen LogP contribution is -2.39. The number of benzene rings is 4. The number of fused-ring (bicyclic) bond motifs is 2. The fraction of sp³-hybridized carbons (Fsp3) is 0.171. The Kier molecular flexibility index (Phi) is 8.32. The number of allylic oxidation sites excluding steroid dienone is 1. The lowest BCUT2D eigenvalue weighted by Gasteiger charge is -2.24. The highest BCUT2D eigenvalue weighted by Crippen LogP contribution is 2.31. The number of halogens is 1. The van der Waals surface area contributed by atoms with Crippen LogP contribution in [0.5, 0.6) is 5.75 Å². The molecule has 0 unspecified atom stereocenters. The topological polar surface area (TPSA) is 69.9 Å². The van der Waals surface area contributed by atoms with E-state index in [4.69, 9.17) is 9.47 Å². The first-order valence-electron chi connectivity index (χ1n) is 14.0. The zero-order valence-corrected chi connectivity index (χ0v) is 26.9. The summed E-state index contributed by atoms with van der Waals surface area (Å²) >= 11 is 3.58. The zero-order valence-electron chi connectivity index (χ0n) is 24.0. The lowest BCUT2D eigenvalue weighted by molar-refractivity contribution is -0.139. The van der Waals surface area contributed by atoms with E-state index in [-0.39, 0.29) is 12.2 Å². The number of nitrogens with zero attached hydrogens (tertiary/aromatic N) is 2. The maximum atomic E-state index is 13.9. The average Bonchev–Trinajstić information content (AvgIpc) is 3.30. The van der Waals surface area contributed by atoms with Crippen LogP contribution < -0.4 is 19.6 Å². The second kappa shape index (κ2) is 12.3. The Morgan fingerprint density at radius 1 is 1.00 bits per heavy atom. The number of carbonyl (C=O) groups excluding carboxylic acids is 1. The molecule has 0 N–H and O–H groups in total. The average molecular weight is 701 g/mol. The molecule has 0 aliphatic carbocycles. The molecule has 5 aromatic rings. The molecule has 216 valence electrons. The number of rotatable bonds is 7. The summed E-state index contributed by atoms with van der Waals surface area (Å²) in [6.07, 6.45) is 1.87. The van der Waals surface area contributed by atoms with E-state index in [1.807, 2.05) is 67.6 Å². The lowest BCUT2D eigenvalue weighted by atomic mass is 9.95. The highest BCUT2D eigenvalue weighted by molar-refractivity contribution is 14.1. The molecule has 0 saturated carbocycles. The van der Waals surface area contributed by atoms with Gasteiger partial charge in [-0.3, -0.25) is 9.36 Å². The summed E-state index contributed by atoms with van der Waals surface area (Å²) in [5.74, 6) is 0.318. The van der Waals surface area contributed by atoms with E-state index in [9.17, 15) is 9.59 Å². The maximum absolute atomic E-state index is 13.9. The number of ether oxygens (including phenoxy) is 2. The van der Waals surface area contributed by atoms with Gasteiger partial charge in [0.2, 0.25) is 0 Å². The van der Waals surface area contributed by atoms with Gasteiger partial charge in [0.1, 0.15) is 12.4 Å². The van der Waals surface area contributed by atoms with Crippen LogP contribution in [0.4, 0.5) is 0 Å². The molecule has 2 heterocycles. The summed E-state index contributed by atoms with van der Waals surface area (Å²) in [7, 11) is 0. The molecule has 0 fully saturated rings. The van der Waals surface area contributed by atoms with Gasteiger partial charge in [-0.2, -0.15) is 0 Å². The summed E-state index contributed by atoms with van der Waals surface area (Å²) in [5, 5.41) is 2.39. The van der Waals surface area contributed by atoms with Crippen LogP contribution >= 0.6 is 33.9 Å². The van der Waals surface area contributed by atoms with E-state index in [0.29, 0.717) is 27.2 Å². The molecule has 4 aromatic carbocycles. The molecule has 43 heavy (non-hydrogen) atoms. The Labute approximate surface area is 266 Å². The number of thiazole rings is 1. The first kappa shape index (κ1) is 29.1. The molecule has 1 aliphatic heterocycles. The molecular weight excluding hydrogens is 671 g/mol. The molecule has 0 amide bonds. The van der Waals surface area contributed by atoms with Gasteiger partial charge in [0, 0.05) is 0 Å². The molecule has 1 aromatic heterocycles. The van der Waals surface area contributed by atoms with Crippen molar-refractivity contribution in [1.82, 2.24) is 4.57 Å². The van der Waals surface area contributed by atoms with Crippen molar-refractivity contribution in [2.45, 2.75) is 33.4 Å². The normalized spacial score (nSPS) is 14.9. The SMILES string of the molecule is CCOC(=O)C1=C(C)N=c2s/c(=C/c3ccc(OCc4ccc5ccccc5c4)c(I)c3)c(=O)n2[C@@H]1c1ccc(C)cc1. The number of hydrogen-bond donors (Lipinski definition) is 0. The highest BCUT2D eigenvalue weighted by Gasteiger charge is 2.33. The summed E-state index contributed by atoms with van der Waals surface area (Å²) in [6, 6.07) is 27.7. The van der Waals surface area contributed by atoms with Crippen LogP contribution in [0.25, 0.3) is 16.8 Å². The Bertz CT molecular complexity index is 2080. The zero-order chi connectivity index (χ0) is 30.1. The van der Waals surface area contributed by atoms with Gasteiger partial charge < -0.3 is 9.47 Å². The van der Waals surface area contributed by atoms with Gasteiger partial charge in [-0.25, -0.2) is 9.79 Å². The van der Waals surface area contributed by atoms with Crippen molar-refractivity contribution < 1.29 is 14.3 Å². The Morgan fingerprint density at radius 3 is 2.51 bits per heavy atom. The van der Waals surface area contributed by atoms with Gasteiger partial charge in [0.15, 0.2) is 4.80 Å². The van der Waals surface area contributed by atoms with Crippen LogP contribution in [0.2, 0.25) is 0 Å². The quantitative estimate of drug-likeness (QED) is 0.145. The minimum Gasteiger partial charge on any atom is -0.488 e. The van der Waals surface area contributed by atoms with E-state index < -0.39 is 12.0 Å². The van der Waals surface area contributed by atoms with Crippen molar-refractivity contribution in [3.05, 3.63) is 142 Å². The summed E-state index contributed by atoms with van der Waals surface area (Å²) in [6.45, 7) is 6.26. The standard InChI is InChI=1S/C35H29IN2O4S/c1-4-41-34(40)31-22(3)37-35-38(32(31)26-13-9-21(2)10-14-26)33(39)30(43-35)19-23-12-16-29(28(36)18-23)42-20-24-11-15-25-7-5-6-8-27(25)17-24/h5-19,32H,4,20H2,1-3H3/b30-19+/t32-/m1/s1. The monoisotopic (exact) mass is 700 g/mol. The predicted octanol–water partition coefficient (Wildman–Crippen LogP) is 6.44. The van der Waals surface area contributed by atoms with Gasteiger partial charge in [-0.05, 0) is 95.1 Å². The molecule has 6 nitrogen and oxygen atoms in total. The van der Waals surface area contributed by atoms with Crippen LogP contribution in [0.3, 0.4) is 0 Å². The summed E-state index contributed by atoms with van der Waals surface area (Å²) < 4.78 is 14.6. The number of hydrogen-bond acceptors (Lipinski definition) is 6. The molecule has 0 spiro atoms. The highest BCUT2D eigenvalue weighted by atomic mass is 127. The van der Waals surface area contributed by atoms with Crippen LogP contribution in [0.1, 0.15) is 42.1 Å². The minimum atomic E-state index is -0.621. The van der Waals surface area contributed by atoms with Gasteiger partial charge in [-0.1, -0.05) is 83.6 Å². The molecule has 8 heteroatoms. The van der Waals surface area contributed by atoms with E-state index in [2.05, 4.69) is 57.9 Å².